The Hall–Kier alpha value is -3.49. The zero-order valence-corrected chi connectivity index (χ0v) is 14.5. The molecular formula is C21H13N3OS. The summed E-state index contributed by atoms with van der Waals surface area (Å²) in [5.74, 6) is 0.695. The summed E-state index contributed by atoms with van der Waals surface area (Å²) in [6.45, 7) is 0. The zero-order valence-electron chi connectivity index (χ0n) is 13.6. The molecule has 5 heteroatoms. The number of aromatic nitrogens is 1. The number of fused-ring (bicyclic) bond motifs is 2. The summed E-state index contributed by atoms with van der Waals surface area (Å²) in [6.07, 6.45) is 1.67. The monoisotopic (exact) mass is 355 g/mol. The van der Waals surface area contributed by atoms with Crippen LogP contribution in [0.15, 0.2) is 70.8 Å². The molecule has 0 bridgehead atoms. The standard InChI is InChI=1S/C21H13N3OS/c22-12-15(21(23)26)10-13-8-9-19-18(11-13)20(25-24-19)17-7-3-5-14-4-1-2-6-16(14)17/h1-11H,(H2,23,26)/b15-10-. The Bertz CT molecular complexity index is 1230. The molecule has 0 amide bonds. The molecule has 4 rings (SSSR count). The van der Waals surface area contributed by atoms with Crippen LogP contribution >= 0.6 is 12.2 Å². The van der Waals surface area contributed by atoms with Gasteiger partial charge in [-0.2, -0.15) is 5.26 Å². The Labute approximate surface area is 155 Å². The number of benzene rings is 3. The van der Waals surface area contributed by atoms with Crippen molar-refractivity contribution in [3.63, 3.8) is 0 Å². The predicted molar refractivity (Wildman–Crippen MR) is 107 cm³/mol. The van der Waals surface area contributed by atoms with Crippen molar-refractivity contribution < 1.29 is 4.52 Å². The summed E-state index contributed by atoms with van der Waals surface area (Å²) in [5.41, 5.74) is 8.38. The Kier molecular flexibility index (Phi) is 3.96. The summed E-state index contributed by atoms with van der Waals surface area (Å²) in [7, 11) is 0. The van der Waals surface area contributed by atoms with Crippen molar-refractivity contribution in [2.75, 3.05) is 0 Å². The largest absolute Gasteiger partial charge is 0.389 e. The second kappa shape index (κ2) is 6.43. The van der Waals surface area contributed by atoms with Gasteiger partial charge in [0.2, 0.25) is 0 Å². The average molecular weight is 355 g/mol. The van der Waals surface area contributed by atoms with Gasteiger partial charge in [0.25, 0.3) is 0 Å². The third kappa shape index (κ3) is 2.73. The van der Waals surface area contributed by atoms with E-state index in [1.165, 1.54) is 0 Å². The molecule has 2 N–H and O–H groups in total. The Morgan fingerprint density at radius 1 is 1.08 bits per heavy atom. The molecule has 0 spiro atoms. The summed E-state index contributed by atoms with van der Waals surface area (Å²) < 4.78 is 5.66. The molecule has 3 aromatic carbocycles. The first-order valence-corrected chi connectivity index (χ1v) is 8.37. The second-order valence-electron chi connectivity index (χ2n) is 5.85. The molecular weight excluding hydrogens is 342 g/mol. The second-order valence-corrected chi connectivity index (χ2v) is 6.29. The molecule has 1 aromatic heterocycles. The van der Waals surface area contributed by atoms with Gasteiger partial charge in [0.1, 0.15) is 16.6 Å². The molecule has 4 nitrogen and oxygen atoms in total. The number of thiocarbonyl (C=S) groups is 1. The summed E-state index contributed by atoms with van der Waals surface area (Å²) in [5, 5.41) is 16.4. The van der Waals surface area contributed by atoms with Crippen molar-refractivity contribution >= 4 is 45.0 Å². The highest BCUT2D eigenvalue weighted by Crippen LogP contribution is 2.34. The lowest BCUT2D eigenvalue weighted by Gasteiger charge is -2.04. The van der Waals surface area contributed by atoms with Crippen molar-refractivity contribution in [1.29, 1.82) is 5.26 Å². The van der Waals surface area contributed by atoms with Gasteiger partial charge < -0.3 is 10.3 Å². The molecule has 1 heterocycles. The smallest absolute Gasteiger partial charge is 0.175 e. The molecule has 0 saturated carbocycles. The van der Waals surface area contributed by atoms with Gasteiger partial charge in [-0.3, -0.25) is 0 Å². The van der Waals surface area contributed by atoms with Gasteiger partial charge in [0, 0.05) is 5.56 Å². The summed E-state index contributed by atoms with van der Waals surface area (Å²) >= 11 is 4.91. The minimum Gasteiger partial charge on any atom is -0.389 e. The lowest BCUT2D eigenvalue weighted by atomic mass is 10.00. The van der Waals surface area contributed by atoms with Gasteiger partial charge in [0.05, 0.1) is 11.0 Å². The third-order valence-corrected chi connectivity index (χ3v) is 4.45. The van der Waals surface area contributed by atoms with E-state index < -0.39 is 0 Å². The van der Waals surface area contributed by atoms with E-state index >= 15 is 0 Å². The third-order valence-electron chi connectivity index (χ3n) is 4.23. The van der Waals surface area contributed by atoms with E-state index in [0.29, 0.717) is 5.76 Å². The highest BCUT2D eigenvalue weighted by molar-refractivity contribution is 7.80. The van der Waals surface area contributed by atoms with Crippen molar-refractivity contribution in [2.45, 2.75) is 0 Å². The van der Waals surface area contributed by atoms with E-state index in [1.54, 1.807) is 6.08 Å². The van der Waals surface area contributed by atoms with E-state index in [2.05, 4.69) is 23.4 Å². The average Bonchev–Trinajstić information content (AvgIpc) is 3.08. The molecule has 0 aliphatic rings. The van der Waals surface area contributed by atoms with Crippen LogP contribution < -0.4 is 5.73 Å². The first kappa shape index (κ1) is 16.0. The molecule has 4 aromatic rings. The highest BCUT2D eigenvalue weighted by Gasteiger charge is 2.14. The molecule has 0 unspecified atom stereocenters. The number of hydrogen-bond acceptors (Lipinski definition) is 4. The van der Waals surface area contributed by atoms with Gasteiger partial charge in [-0.25, -0.2) is 0 Å². The van der Waals surface area contributed by atoms with Gasteiger partial charge in [-0.1, -0.05) is 65.9 Å². The van der Waals surface area contributed by atoms with Crippen LogP contribution in [0.25, 0.3) is 39.1 Å². The number of nitrogens with zero attached hydrogens (tertiary/aromatic N) is 2. The van der Waals surface area contributed by atoms with Crippen LogP contribution in [-0.2, 0) is 0 Å². The number of hydrogen-bond donors (Lipinski definition) is 1. The number of rotatable bonds is 3. The minimum atomic E-state index is 0.0761. The van der Waals surface area contributed by atoms with Gasteiger partial charge in [-0.15, -0.1) is 0 Å². The summed E-state index contributed by atoms with van der Waals surface area (Å²) in [4.78, 5) is 0.0761. The molecule has 0 saturated heterocycles. The molecule has 0 radical (unpaired) electrons. The number of nitrogens with two attached hydrogens (primary N) is 1. The Morgan fingerprint density at radius 3 is 2.69 bits per heavy atom. The van der Waals surface area contributed by atoms with Crippen molar-refractivity contribution in [3.05, 3.63) is 71.8 Å². The van der Waals surface area contributed by atoms with Crippen molar-refractivity contribution in [2.24, 2.45) is 5.73 Å². The maximum absolute atomic E-state index is 9.17. The van der Waals surface area contributed by atoms with Gasteiger partial charge in [-0.05, 0) is 34.5 Å². The Morgan fingerprint density at radius 2 is 1.88 bits per heavy atom. The van der Waals surface area contributed by atoms with Crippen LogP contribution in [0.2, 0.25) is 0 Å². The maximum Gasteiger partial charge on any atom is 0.175 e. The lowest BCUT2D eigenvalue weighted by molar-refractivity contribution is 0.441. The van der Waals surface area contributed by atoms with E-state index in [1.807, 2.05) is 48.5 Å². The van der Waals surface area contributed by atoms with Crippen molar-refractivity contribution in [3.8, 4) is 17.4 Å². The molecule has 0 aliphatic heterocycles. The fourth-order valence-corrected chi connectivity index (χ4v) is 3.10. The molecule has 0 atom stereocenters. The molecule has 0 fully saturated rings. The van der Waals surface area contributed by atoms with Crippen LogP contribution in [0.4, 0.5) is 0 Å². The lowest BCUT2D eigenvalue weighted by Crippen LogP contribution is -2.09. The molecule has 124 valence electrons. The normalized spacial score (nSPS) is 11.6. The quantitative estimate of drug-likeness (QED) is 0.323. The van der Waals surface area contributed by atoms with Gasteiger partial charge in [0.15, 0.2) is 5.76 Å². The topological polar surface area (TPSA) is 75.8 Å². The maximum atomic E-state index is 9.17. The van der Waals surface area contributed by atoms with Crippen LogP contribution in [0.5, 0.6) is 0 Å². The summed E-state index contributed by atoms with van der Waals surface area (Å²) in [6, 6.07) is 21.9. The first-order valence-electron chi connectivity index (χ1n) is 7.96. The van der Waals surface area contributed by atoms with Crippen LogP contribution in [0.1, 0.15) is 5.56 Å². The Balaban J connectivity index is 1.93. The van der Waals surface area contributed by atoms with Crippen LogP contribution in [-0.4, -0.2) is 10.1 Å². The van der Waals surface area contributed by atoms with Gasteiger partial charge >= 0.3 is 0 Å². The van der Waals surface area contributed by atoms with E-state index in [-0.39, 0.29) is 10.6 Å². The zero-order chi connectivity index (χ0) is 18.1. The highest BCUT2D eigenvalue weighted by atomic mass is 32.1. The van der Waals surface area contributed by atoms with E-state index in [0.717, 1.165) is 32.8 Å². The number of nitriles is 1. The van der Waals surface area contributed by atoms with Crippen LogP contribution in [0.3, 0.4) is 0 Å². The molecule has 26 heavy (non-hydrogen) atoms. The minimum absolute atomic E-state index is 0.0761. The fourth-order valence-electron chi connectivity index (χ4n) is 2.99. The van der Waals surface area contributed by atoms with Crippen molar-refractivity contribution in [1.82, 2.24) is 5.16 Å². The molecule has 0 aliphatic carbocycles. The first-order chi connectivity index (χ1) is 12.7. The van der Waals surface area contributed by atoms with E-state index in [9.17, 15) is 0 Å². The predicted octanol–water partition coefficient (Wildman–Crippen LogP) is 4.84. The van der Waals surface area contributed by atoms with Crippen LogP contribution in [0, 0.1) is 11.3 Å². The fraction of sp³-hybridized carbons (Fsp3) is 0. The van der Waals surface area contributed by atoms with E-state index in [4.69, 9.17) is 27.7 Å². The SMILES string of the molecule is N#C/C(=C/c1ccc2noc(-c3cccc4ccccc34)c2c1)C(N)=S.